The predicted molar refractivity (Wildman–Crippen MR) is 86.1 cm³/mol. The van der Waals surface area contributed by atoms with Gasteiger partial charge in [-0.15, -0.1) is 0 Å². The summed E-state index contributed by atoms with van der Waals surface area (Å²) >= 11 is 0. The van der Waals surface area contributed by atoms with Gasteiger partial charge in [-0.2, -0.15) is 0 Å². The van der Waals surface area contributed by atoms with E-state index in [-0.39, 0.29) is 13.2 Å². The minimum absolute atomic E-state index is 0.0220. The van der Waals surface area contributed by atoms with Crippen molar-refractivity contribution in [3.05, 3.63) is 35.9 Å². The van der Waals surface area contributed by atoms with E-state index >= 15 is 0 Å². The number of urea groups is 1. The van der Waals surface area contributed by atoms with Crippen molar-refractivity contribution in [1.82, 2.24) is 9.80 Å². The first kappa shape index (κ1) is 17.8. The highest BCUT2D eigenvalue weighted by Crippen LogP contribution is 2.20. The molecular weight excluding hydrogens is 312 g/mol. The van der Waals surface area contributed by atoms with E-state index in [4.69, 9.17) is 9.47 Å². The summed E-state index contributed by atoms with van der Waals surface area (Å²) in [4.78, 5) is 38.9. The fourth-order valence-electron chi connectivity index (χ4n) is 2.28. The van der Waals surface area contributed by atoms with Crippen LogP contribution in [0.4, 0.5) is 9.59 Å². The Kier molecular flexibility index (Phi) is 5.11. The number of carbonyl (C=O) groups is 3. The number of carbonyl (C=O) groups excluding carboxylic acids is 3. The van der Waals surface area contributed by atoms with Crippen molar-refractivity contribution in [2.45, 2.75) is 39.0 Å². The molecule has 0 unspecified atom stereocenters. The van der Waals surface area contributed by atoms with Gasteiger partial charge in [-0.05, 0) is 26.3 Å². The number of amides is 3. The number of hydrogen-bond acceptors (Lipinski definition) is 5. The van der Waals surface area contributed by atoms with Crippen molar-refractivity contribution in [2.75, 3.05) is 13.6 Å². The van der Waals surface area contributed by atoms with Crippen LogP contribution in [0.25, 0.3) is 0 Å². The molecule has 7 heteroatoms. The summed E-state index contributed by atoms with van der Waals surface area (Å²) in [5.41, 5.74) is 0.0839. The van der Waals surface area contributed by atoms with Gasteiger partial charge < -0.3 is 14.4 Å². The second kappa shape index (κ2) is 6.90. The molecule has 0 bridgehead atoms. The largest absolute Gasteiger partial charge is 0.458 e. The molecule has 3 amide bonds. The van der Waals surface area contributed by atoms with Crippen LogP contribution >= 0.6 is 0 Å². The van der Waals surface area contributed by atoms with Crippen LogP contribution in [0, 0.1) is 0 Å². The first-order valence-corrected chi connectivity index (χ1v) is 7.67. The lowest BCUT2D eigenvalue weighted by Gasteiger charge is -2.24. The van der Waals surface area contributed by atoms with Crippen LogP contribution in [-0.4, -0.2) is 53.1 Å². The third-order valence-corrected chi connectivity index (χ3v) is 3.37. The Hall–Kier alpha value is -2.57. The summed E-state index contributed by atoms with van der Waals surface area (Å²) in [6.07, 6.45) is -0.857. The third-order valence-electron chi connectivity index (χ3n) is 3.37. The number of ether oxygens (including phenoxy) is 2. The first-order chi connectivity index (χ1) is 11.2. The smallest absolute Gasteiger partial charge is 0.419 e. The molecule has 1 fully saturated rings. The monoisotopic (exact) mass is 334 g/mol. The zero-order valence-corrected chi connectivity index (χ0v) is 14.3. The van der Waals surface area contributed by atoms with E-state index in [1.165, 1.54) is 11.9 Å². The summed E-state index contributed by atoms with van der Waals surface area (Å²) in [7, 11) is 1.52. The molecule has 1 aliphatic rings. The highest BCUT2D eigenvalue weighted by molar-refractivity contribution is 5.98. The summed E-state index contributed by atoms with van der Waals surface area (Å²) in [5.74, 6) is -0.628. The van der Waals surface area contributed by atoms with Crippen molar-refractivity contribution >= 4 is 18.1 Å². The molecular formula is C17H22N2O5. The first-order valence-electron chi connectivity index (χ1n) is 7.67. The Morgan fingerprint density at radius 3 is 2.42 bits per heavy atom. The zero-order chi connectivity index (χ0) is 17.9. The Morgan fingerprint density at radius 2 is 1.83 bits per heavy atom. The lowest BCUT2D eigenvalue weighted by Crippen LogP contribution is -2.46. The molecule has 0 radical (unpaired) electrons. The third kappa shape index (κ3) is 4.24. The van der Waals surface area contributed by atoms with Crippen molar-refractivity contribution in [2.24, 2.45) is 0 Å². The van der Waals surface area contributed by atoms with Gasteiger partial charge in [0.15, 0.2) is 6.04 Å². The molecule has 2 rings (SSSR count). The van der Waals surface area contributed by atoms with Crippen LogP contribution in [0.2, 0.25) is 0 Å². The maximum atomic E-state index is 12.3. The Bertz CT molecular complexity index is 624. The molecule has 1 heterocycles. The zero-order valence-electron chi connectivity index (χ0n) is 14.3. The van der Waals surface area contributed by atoms with Crippen LogP contribution in [0.1, 0.15) is 26.3 Å². The Morgan fingerprint density at radius 1 is 1.21 bits per heavy atom. The van der Waals surface area contributed by atoms with E-state index in [1.807, 2.05) is 18.2 Å². The molecule has 1 aromatic carbocycles. The van der Waals surface area contributed by atoms with Crippen molar-refractivity contribution in [3.63, 3.8) is 0 Å². The van der Waals surface area contributed by atoms with Crippen molar-refractivity contribution in [1.29, 1.82) is 0 Å². The SMILES string of the molecule is CN1C[C@@H](C(=O)OC(C)(C)C)N(C(=O)OCc2ccccc2)C1=O. The highest BCUT2D eigenvalue weighted by atomic mass is 16.6. The van der Waals surface area contributed by atoms with Crippen LogP contribution < -0.4 is 0 Å². The number of esters is 1. The maximum Gasteiger partial charge on any atom is 0.419 e. The molecule has 24 heavy (non-hydrogen) atoms. The molecule has 0 spiro atoms. The van der Waals surface area contributed by atoms with Crippen molar-refractivity contribution in [3.8, 4) is 0 Å². The number of imide groups is 1. The highest BCUT2D eigenvalue weighted by Gasteiger charge is 2.46. The van der Waals surface area contributed by atoms with Crippen LogP contribution in [0.15, 0.2) is 30.3 Å². The fourth-order valence-corrected chi connectivity index (χ4v) is 2.28. The number of benzene rings is 1. The standard InChI is InChI=1S/C17H22N2O5/c1-17(2,3)24-14(20)13-10-18(4)15(21)19(13)16(22)23-11-12-8-6-5-7-9-12/h5-9,13H,10-11H2,1-4H3/t13-/m0/s1. The summed E-state index contributed by atoms with van der Waals surface area (Å²) in [6, 6.07) is 7.51. The topological polar surface area (TPSA) is 76.2 Å². The van der Waals surface area contributed by atoms with E-state index in [0.717, 1.165) is 10.5 Å². The normalized spacial score (nSPS) is 17.8. The number of rotatable bonds is 3. The quantitative estimate of drug-likeness (QED) is 0.793. The number of likely N-dealkylation sites (N-methyl/N-ethyl adjacent to an activating group) is 1. The minimum Gasteiger partial charge on any atom is -0.458 e. The van der Waals surface area contributed by atoms with Crippen LogP contribution in [-0.2, 0) is 20.9 Å². The second-order valence-electron chi connectivity index (χ2n) is 6.62. The van der Waals surface area contributed by atoms with Gasteiger partial charge >= 0.3 is 18.1 Å². The van der Waals surface area contributed by atoms with Gasteiger partial charge in [0.05, 0.1) is 6.54 Å². The van der Waals surface area contributed by atoms with Crippen molar-refractivity contribution < 1.29 is 23.9 Å². The minimum atomic E-state index is -1.01. The molecule has 0 saturated carbocycles. The molecule has 1 aliphatic heterocycles. The molecule has 1 saturated heterocycles. The molecule has 0 aliphatic carbocycles. The van der Waals surface area contributed by atoms with E-state index in [1.54, 1.807) is 32.9 Å². The lowest BCUT2D eigenvalue weighted by atomic mass is 10.2. The van der Waals surface area contributed by atoms with Gasteiger partial charge in [-0.25, -0.2) is 19.3 Å². The van der Waals surface area contributed by atoms with Crippen LogP contribution in [0.3, 0.4) is 0 Å². The molecule has 1 aromatic rings. The number of hydrogen-bond donors (Lipinski definition) is 0. The van der Waals surface area contributed by atoms with E-state index in [2.05, 4.69) is 0 Å². The number of nitrogens with zero attached hydrogens (tertiary/aromatic N) is 2. The fraction of sp³-hybridized carbons (Fsp3) is 0.471. The molecule has 130 valence electrons. The molecule has 0 N–H and O–H groups in total. The predicted octanol–water partition coefficient (Wildman–Crippen LogP) is 2.40. The lowest BCUT2D eigenvalue weighted by molar-refractivity contribution is -0.159. The molecule has 7 nitrogen and oxygen atoms in total. The van der Waals surface area contributed by atoms with Crippen LogP contribution in [0.5, 0.6) is 0 Å². The van der Waals surface area contributed by atoms with Gasteiger partial charge in [-0.1, -0.05) is 30.3 Å². The van der Waals surface area contributed by atoms with Gasteiger partial charge in [-0.3, -0.25) is 0 Å². The van der Waals surface area contributed by atoms with Gasteiger partial charge in [0.2, 0.25) is 0 Å². The second-order valence-corrected chi connectivity index (χ2v) is 6.62. The van der Waals surface area contributed by atoms with Gasteiger partial charge in [0, 0.05) is 7.05 Å². The molecule has 0 aromatic heterocycles. The van der Waals surface area contributed by atoms with E-state index < -0.39 is 29.7 Å². The average Bonchev–Trinajstić information content (AvgIpc) is 2.80. The Balaban J connectivity index is 2.07. The molecule has 1 atom stereocenters. The van der Waals surface area contributed by atoms with Gasteiger partial charge in [0.25, 0.3) is 0 Å². The van der Waals surface area contributed by atoms with Gasteiger partial charge in [0.1, 0.15) is 12.2 Å². The summed E-state index contributed by atoms with van der Waals surface area (Å²) in [5, 5.41) is 0. The Labute approximate surface area is 141 Å². The maximum absolute atomic E-state index is 12.3. The summed E-state index contributed by atoms with van der Waals surface area (Å²) in [6.45, 7) is 5.28. The van der Waals surface area contributed by atoms with E-state index in [9.17, 15) is 14.4 Å². The average molecular weight is 334 g/mol. The summed E-state index contributed by atoms with van der Waals surface area (Å²) < 4.78 is 10.5. The van der Waals surface area contributed by atoms with E-state index in [0.29, 0.717) is 0 Å².